The van der Waals surface area contributed by atoms with Gasteiger partial charge in [-0.25, -0.2) is 0 Å². The van der Waals surface area contributed by atoms with Crippen LogP contribution >= 0.6 is 0 Å². The predicted molar refractivity (Wildman–Crippen MR) is 78.7 cm³/mol. The van der Waals surface area contributed by atoms with Crippen LogP contribution in [0, 0.1) is 0 Å². The van der Waals surface area contributed by atoms with Gasteiger partial charge in [0, 0.05) is 6.42 Å². The summed E-state index contributed by atoms with van der Waals surface area (Å²) in [6, 6.07) is 19.4. The van der Waals surface area contributed by atoms with E-state index in [2.05, 4.69) is 22.3 Å². The quantitative estimate of drug-likeness (QED) is 0.780. The normalized spacial score (nSPS) is 12.2. The molecule has 4 nitrogen and oxygen atoms in total. The third kappa shape index (κ3) is 3.35. The average molecular weight is 280 g/mol. The van der Waals surface area contributed by atoms with Crippen molar-refractivity contribution in [2.75, 3.05) is 0 Å². The summed E-state index contributed by atoms with van der Waals surface area (Å²) in [5.41, 5.74) is 1.98. The monoisotopic (exact) mass is 280 g/mol. The molecule has 21 heavy (non-hydrogen) atoms. The van der Waals surface area contributed by atoms with Gasteiger partial charge in [-0.3, -0.25) is 0 Å². The van der Waals surface area contributed by atoms with Crippen molar-refractivity contribution < 1.29 is 9.63 Å². The number of rotatable bonds is 5. The molecule has 1 aromatic heterocycles. The second-order valence-corrected chi connectivity index (χ2v) is 4.85. The van der Waals surface area contributed by atoms with Crippen LogP contribution in [0.25, 0.3) is 0 Å². The molecule has 2 aromatic carbocycles. The Labute approximate surface area is 123 Å². The van der Waals surface area contributed by atoms with Gasteiger partial charge < -0.3 is 9.63 Å². The molecule has 0 bridgehead atoms. The van der Waals surface area contributed by atoms with E-state index in [1.807, 2.05) is 48.5 Å². The molecule has 0 aliphatic carbocycles. The van der Waals surface area contributed by atoms with Crippen LogP contribution in [0.5, 0.6) is 0 Å². The number of hydrogen-bond acceptors (Lipinski definition) is 4. The highest BCUT2D eigenvalue weighted by molar-refractivity contribution is 5.21. The topological polar surface area (TPSA) is 59.2 Å². The van der Waals surface area contributed by atoms with E-state index in [0.717, 1.165) is 12.0 Å². The van der Waals surface area contributed by atoms with Gasteiger partial charge in [0.15, 0.2) is 11.9 Å². The fraction of sp³-hybridized carbons (Fsp3) is 0.176. The van der Waals surface area contributed by atoms with Gasteiger partial charge in [-0.1, -0.05) is 65.8 Å². The van der Waals surface area contributed by atoms with Crippen molar-refractivity contribution >= 4 is 0 Å². The van der Waals surface area contributed by atoms with Crippen LogP contribution in [0.2, 0.25) is 0 Å². The standard InChI is InChI=1S/C17H16N2O2/c20-16(14-9-5-2-6-10-14)17-18-15(19-21-17)12-11-13-7-3-1-4-8-13/h1-10,16,20H,11-12H2. The highest BCUT2D eigenvalue weighted by atomic mass is 16.5. The number of aryl methyl sites for hydroxylation is 2. The van der Waals surface area contributed by atoms with E-state index in [-0.39, 0.29) is 5.89 Å². The van der Waals surface area contributed by atoms with Crippen molar-refractivity contribution in [1.29, 1.82) is 0 Å². The first-order valence-electron chi connectivity index (χ1n) is 6.92. The molecule has 0 radical (unpaired) electrons. The minimum Gasteiger partial charge on any atom is -0.378 e. The Kier molecular flexibility index (Phi) is 4.07. The molecule has 1 unspecified atom stereocenters. The first kappa shape index (κ1) is 13.5. The maximum absolute atomic E-state index is 10.2. The lowest BCUT2D eigenvalue weighted by Gasteiger charge is -2.04. The zero-order valence-electron chi connectivity index (χ0n) is 11.5. The molecule has 0 aliphatic rings. The van der Waals surface area contributed by atoms with Gasteiger partial charge in [0.2, 0.25) is 0 Å². The van der Waals surface area contributed by atoms with Crippen molar-refractivity contribution in [3.8, 4) is 0 Å². The minimum absolute atomic E-state index is 0.240. The van der Waals surface area contributed by atoms with Crippen molar-refractivity contribution in [1.82, 2.24) is 10.1 Å². The van der Waals surface area contributed by atoms with Crippen LogP contribution in [0.15, 0.2) is 65.2 Å². The summed E-state index contributed by atoms with van der Waals surface area (Å²) in [4.78, 5) is 4.27. The van der Waals surface area contributed by atoms with Gasteiger partial charge in [0.05, 0.1) is 0 Å². The Morgan fingerprint density at radius 2 is 1.57 bits per heavy atom. The number of nitrogens with zero attached hydrogens (tertiary/aromatic N) is 2. The van der Waals surface area contributed by atoms with Crippen LogP contribution in [0.4, 0.5) is 0 Å². The number of aliphatic hydroxyl groups is 1. The van der Waals surface area contributed by atoms with E-state index in [1.54, 1.807) is 0 Å². The van der Waals surface area contributed by atoms with E-state index < -0.39 is 6.10 Å². The second kappa shape index (κ2) is 6.33. The maximum Gasteiger partial charge on any atom is 0.260 e. The fourth-order valence-corrected chi connectivity index (χ4v) is 2.16. The predicted octanol–water partition coefficient (Wildman–Crippen LogP) is 2.94. The lowest BCUT2D eigenvalue weighted by Crippen LogP contribution is -2.00. The van der Waals surface area contributed by atoms with Gasteiger partial charge in [-0.2, -0.15) is 4.98 Å². The molecule has 3 rings (SSSR count). The van der Waals surface area contributed by atoms with Gasteiger partial charge in [0.1, 0.15) is 0 Å². The van der Waals surface area contributed by atoms with E-state index in [4.69, 9.17) is 4.52 Å². The third-order valence-electron chi connectivity index (χ3n) is 3.31. The Morgan fingerprint density at radius 3 is 2.29 bits per heavy atom. The number of aliphatic hydroxyl groups excluding tert-OH is 1. The van der Waals surface area contributed by atoms with Gasteiger partial charge in [-0.05, 0) is 17.5 Å². The second-order valence-electron chi connectivity index (χ2n) is 4.85. The van der Waals surface area contributed by atoms with E-state index >= 15 is 0 Å². The molecule has 0 saturated heterocycles. The highest BCUT2D eigenvalue weighted by Crippen LogP contribution is 2.20. The molecule has 1 atom stereocenters. The minimum atomic E-state index is -0.871. The Hall–Kier alpha value is -2.46. The number of aromatic nitrogens is 2. The molecule has 1 heterocycles. The highest BCUT2D eigenvalue weighted by Gasteiger charge is 2.17. The van der Waals surface area contributed by atoms with Crippen molar-refractivity contribution in [2.24, 2.45) is 0 Å². The Morgan fingerprint density at radius 1 is 0.905 bits per heavy atom. The van der Waals surface area contributed by atoms with Crippen molar-refractivity contribution in [3.05, 3.63) is 83.5 Å². The van der Waals surface area contributed by atoms with E-state index in [9.17, 15) is 5.11 Å². The van der Waals surface area contributed by atoms with Crippen LogP contribution < -0.4 is 0 Å². The molecule has 0 spiro atoms. The lowest BCUT2D eigenvalue weighted by molar-refractivity contribution is 0.170. The smallest absolute Gasteiger partial charge is 0.260 e. The van der Waals surface area contributed by atoms with Gasteiger partial charge in [0.25, 0.3) is 5.89 Å². The molecule has 0 saturated carbocycles. The first-order valence-corrected chi connectivity index (χ1v) is 6.92. The summed E-state index contributed by atoms with van der Waals surface area (Å²) in [5, 5.41) is 14.1. The SMILES string of the molecule is OC(c1ccccc1)c1nc(CCc2ccccc2)no1. The molecule has 4 heteroatoms. The summed E-state index contributed by atoms with van der Waals surface area (Å²) in [6.45, 7) is 0. The van der Waals surface area contributed by atoms with Crippen LogP contribution in [-0.4, -0.2) is 15.2 Å². The molecule has 0 aliphatic heterocycles. The van der Waals surface area contributed by atoms with Crippen LogP contribution in [0.3, 0.4) is 0 Å². The first-order chi connectivity index (χ1) is 10.3. The summed E-state index contributed by atoms with van der Waals surface area (Å²) >= 11 is 0. The lowest BCUT2D eigenvalue weighted by atomic mass is 10.1. The van der Waals surface area contributed by atoms with Gasteiger partial charge in [-0.15, -0.1) is 0 Å². The number of hydrogen-bond donors (Lipinski definition) is 1. The average Bonchev–Trinajstić information content (AvgIpc) is 3.03. The van der Waals surface area contributed by atoms with Gasteiger partial charge >= 0.3 is 0 Å². The molecule has 1 N–H and O–H groups in total. The summed E-state index contributed by atoms with van der Waals surface area (Å²) in [5.74, 6) is 0.855. The Balaban J connectivity index is 1.66. The third-order valence-corrected chi connectivity index (χ3v) is 3.31. The molecule has 3 aromatic rings. The van der Waals surface area contributed by atoms with Crippen molar-refractivity contribution in [2.45, 2.75) is 18.9 Å². The van der Waals surface area contributed by atoms with Crippen molar-refractivity contribution in [3.63, 3.8) is 0 Å². The zero-order valence-corrected chi connectivity index (χ0v) is 11.5. The van der Waals surface area contributed by atoms with Crippen LogP contribution in [-0.2, 0) is 12.8 Å². The zero-order chi connectivity index (χ0) is 14.5. The summed E-state index contributed by atoms with van der Waals surface area (Å²) in [7, 11) is 0. The molecular weight excluding hydrogens is 264 g/mol. The molecule has 0 fully saturated rings. The van der Waals surface area contributed by atoms with E-state index in [1.165, 1.54) is 5.56 Å². The molecular formula is C17H16N2O2. The van der Waals surface area contributed by atoms with E-state index in [0.29, 0.717) is 12.2 Å². The molecule has 106 valence electrons. The fourth-order valence-electron chi connectivity index (χ4n) is 2.16. The summed E-state index contributed by atoms with van der Waals surface area (Å²) < 4.78 is 5.16. The Bertz CT molecular complexity index is 680. The largest absolute Gasteiger partial charge is 0.378 e. The maximum atomic E-state index is 10.2. The number of benzene rings is 2. The molecule has 0 amide bonds. The van der Waals surface area contributed by atoms with Crippen LogP contribution in [0.1, 0.15) is 28.9 Å². The summed E-state index contributed by atoms with van der Waals surface area (Å²) in [6.07, 6.45) is 0.667.